The van der Waals surface area contributed by atoms with Gasteiger partial charge in [0, 0.05) is 17.0 Å². The summed E-state index contributed by atoms with van der Waals surface area (Å²) in [4.78, 5) is 12.0. The molecule has 0 aliphatic carbocycles. The highest BCUT2D eigenvalue weighted by atomic mass is 31.2. The maximum Gasteiger partial charge on any atom is 0.150 e. The minimum absolute atomic E-state index is 0.0727. The first-order chi connectivity index (χ1) is 9.66. The second-order valence-corrected chi connectivity index (χ2v) is 7.69. The molecule has 3 heteroatoms. The molecule has 0 saturated carbocycles. The van der Waals surface area contributed by atoms with Crippen LogP contribution in [0.5, 0.6) is 0 Å². The molecule has 2 aromatic rings. The number of rotatable bonds is 6. The molecule has 0 N–H and O–H groups in total. The van der Waals surface area contributed by atoms with Crippen LogP contribution in [0.3, 0.4) is 0 Å². The summed E-state index contributed by atoms with van der Waals surface area (Å²) < 4.78 is 13.5. The van der Waals surface area contributed by atoms with Gasteiger partial charge >= 0.3 is 0 Å². The van der Waals surface area contributed by atoms with Crippen molar-refractivity contribution >= 4 is 23.5 Å². The van der Waals surface area contributed by atoms with Crippen LogP contribution in [0.2, 0.25) is 0 Å². The molecule has 0 aliphatic heterocycles. The molecule has 2 rings (SSSR count). The maximum absolute atomic E-state index is 13.5. The number of benzene rings is 2. The van der Waals surface area contributed by atoms with Crippen molar-refractivity contribution in [1.29, 1.82) is 0 Å². The van der Waals surface area contributed by atoms with E-state index in [9.17, 15) is 9.36 Å². The van der Waals surface area contributed by atoms with Gasteiger partial charge < -0.3 is 4.57 Å². The molecule has 20 heavy (non-hydrogen) atoms. The van der Waals surface area contributed by atoms with E-state index in [-0.39, 0.29) is 11.9 Å². The Labute approximate surface area is 120 Å². The fraction of sp³-hybridized carbons (Fsp3) is 0.235. The first-order valence-corrected chi connectivity index (χ1v) is 8.78. The van der Waals surface area contributed by atoms with E-state index in [0.29, 0.717) is 6.42 Å². The van der Waals surface area contributed by atoms with Crippen LogP contribution >= 0.6 is 7.14 Å². The molecule has 0 saturated heterocycles. The molecular weight excluding hydrogens is 267 g/mol. The minimum Gasteiger partial charge on any atom is -0.313 e. The van der Waals surface area contributed by atoms with Crippen LogP contribution in [-0.4, -0.2) is 11.9 Å². The summed E-state index contributed by atoms with van der Waals surface area (Å²) in [6, 6.07) is 18.7. The molecule has 0 aliphatic rings. The van der Waals surface area contributed by atoms with Crippen molar-refractivity contribution in [1.82, 2.24) is 0 Å². The predicted octanol–water partition coefficient (Wildman–Crippen LogP) is 3.37. The summed E-state index contributed by atoms with van der Waals surface area (Å²) in [5.41, 5.74) is 0. The third-order valence-corrected chi connectivity index (χ3v) is 6.34. The largest absolute Gasteiger partial charge is 0.313 e. The van der Waals surface area contributed by atoms with Gasteiger partial charge in [-0.15, -0.1) is 0 Å². The molecule has 2 nitrogen and oxygen atoms in total. The van der Waals surface area contributed by atoms with E-state index >= 15 is 0 Å². The number of carbonyl (C=O) groups excluding carboxylic acids is 1. The zero-order chi connectivity index (χ0) is 14.4. The summed E-state index contributed by atoms with van der Waals surface area (Å²) in [6.45, 7) is 1.97. The van der Waals surface area contributed by atoms with Crippen LogP contribution in [0.25, 0.3) is 0 Å². The lowest BCUT2D eigenvalue weighted by molar-refractivity contribution is -0.116. The van der Waals surface area contributed by atoms with Crippen molar-refractivity contribution in [3.63, 3.8) is 0 Å². The van der Waals surface area contributed by atoms with Crippen LogP contribution in [0.4, 0.5) is 0 Å². The molecular formula is C17H19O2P. The third-order valence-electron chi connectivity index (χ3n) is 3.27. The minimum atomic E-state index is -2.86. The Morgan fingerprint density at radius 1 is 0.900 bits per heavy atom. The van der Waals surface area contributed by atoms with E-state index in [0.717, 1.165) is 17.0 Å². The molecule has 0 amide bonds. The molecule has 0 radical (unpaired) electrons. The molecule has 0 atom stereocenters. The molecule has 2 aromatic carbocycles. The number of Topliss-reactive ketones (excluding diaryl/α,β-unsaturated/α-hetero) is 1. The summed E-state index contributed by atoms with van der Waals surface area (Å²) in [5, 5.41) is 1.52. The molecule has 0 unspecified atom stereocenters. The van der Waals surface area contributed by atoms with Crippen LogP contribution in [-0.2, 0) is 9.36 Å². The molecule has 0 fully saturated rings. The quantitative estimate of drug-likeness (QED) is 0.763. The second-order valence-electron chi connectivity index (χ2n) is 4.86. The van der Waals surface area contributed by atoms with Crippen molar-refractivity contribution < 1.29 is 9.36 Å². The van der Waals surface area contributed by atoms with Gasteiger partial charge in [0.25, 0.3) is 0 Å². The topological polar surface area (TPSA) is 34.1 Å². The van der Waals surface area contributed by atoms with Gasteiger partial charge in [-0.3, -0.25) is 4.79 Å². The summed E-state index contributed by atoms with van der Waals surface area (Å²) in [7, 11) is -2.86. The Morgan fingerprint density at radius 2 is 1.35 bits per heavy atom. The van der Waals surface area contributed by atoms with Crippen molar-refractivity contribution in [2.75, 3.05) is 6.16 Å². The third kappa shape index (κ3) is 3.26. The van der Waals surface area contributed by atoms with E-state index in [1.165, 1.54) is 0 Å². The monoisotopic (exact) mass is 286 g/mol. The van der Waals surface area contributed by atoms with Crippen LogP contribution < -0.4 is 10.6 Å². The Hall–Kier alpha value is -1.66. The van der Waals surface area contributed by atoms with Gasteiger partial charge in [-0.2, -0.15) is 0 Å². The van der Waals surface area contributed by atoms with Crippen LogP contribution in [0, 0.1) is 0 Å². The summed E-state index contributed by atoms with van der Waals surface area (Å²) in [5.74, 6) is 0.0727. The van der Waals surface area contributed by atoms with Gasteiger partial charge in [0.1, 0.15) is 12.9 Å². The summed E-state index contributed by atoms with van der Waals surface area (Å²) in [6.07, 6.45) is 1.40. The lowest BCUT2D eigenvalue weighted by atomic mass is 10.3. The highest BCUT2D eigenvalue weighted by Crippen LogP contribution is 2.43. The van der Waals surface area contributed by atoms with Crippen molar-refractivity contribution in [3.8, 4) is 0 Å². The first kappa shape index (κ1) is 14.7. The maximum atomic E-state index is 13.5. The van der Waals surface area contributed by atoms with E-state index < -0.39 is 7.14 Å². The van der Waals surface area contributed by atoms with Gasteiger partial charge in [0.15, 0.2) is 0 Å². The van der Waals surface area contributed by atoms with Gasteiger partial charge in [-0.05, 0) is 6.42 Å². The van der Waals surface area contributed by atoms with Gasteiger partial charge in [0.05, 0.1) is 6.16 Å². The SMILES string of the molecule is CCCC(=O)CP(=O)(c1ccccc1)c1ccccc1. The number of hydrogen-bond donors (Lipinski definition) is 0. The Balaban J connectivity index is 2.44. The normalized spacial score (nSPS) is 11.2. The Bertz CT molecular complexity index is 562. The number of ketones is 1. The average molecular weight is 286 g/mol. The van der Waals surface area contributed by atoms with Crippen molar-refractivity contribution in [2.24, 2.45) is 0 Å². The number of hydrogen-bond acceptors (Lipinski definition) is 2. The highest BCUT2D eigenvalue weighted by Gasteiger charge is 2.29. The van der Waals surface area contributed by atoms with Gasteiger partial charge in [-0.1, -0.05) is 67.6 Å². The zero-order valence-corrected chi connectivity index (χ0v) is 12.6. The van der Waals surface area contributed by atoms with Crippen molar-refractivity contribution in [3.05, 3.63) is 60.7 Å². The lowest BCUT2D eigenvalue weighted by Crippen LogP contribution is -2.22. The molecule has 0 bridgehead atoms. The highest BCUT2D eigenvalue weighted by molar-refractivity contribution is 7.79. The zero-order valence-electron chi connectivity index (χ0n) is 11.7. The van der Waals surface area contributed by atoms with Gasteiger partial charge in [-0.25, -0.2) is 0 Å². The Morgan fingerprint density at radius 3 is 1.75 bits per heavy atom. The smallest absolute Gasteiger partial charge is 0.150 e. The van der Waals surface area contributed by atoms with E-state index in [4.69, 9.17) is 0 Å². The van der Waals surface area contributed by atoms with E-state index in [2.05, 4.69) is 0 Å². The number of carbonyl (C=O) groups is 1. The van der Waals surface area contributed by atoms with Crippen LogP contribution in [0.1, 0.15) is 19.8 Å². The molecule has 0 aromatic heterocycles. The van der Waals surface area contributed by atoms with Crippen LogP contribution in [0.15, 0.2) is 60.7 Å². The predicted molar refractivity (Wildman–Crippen MR) is 84.5 cm³/mol. The standard InChI is InChI=1S/C17H19O2P/c1-2-9-15(18)14-20(19,16-10-5-3-6-11-16)17-12-7-4-8-13-17/h3-8,10-13H,2,9,14H2,1H3. The van der Waals surface area contributed by atoms with Crippen molar-refractivity contribution in [2.45, 2.75) is 19.8 Å². The molecule has 104 valence electrons. The molecule has 0 heterocycles. The second kappa shape index (κ2) is 6.67. The summed E-state index contributed by atoms with van der Waals surface area (Å²) >= 11 is 0. The lowest BCUT2D eigenvalue weighted by Gasteiger charge is -2.18. The van der Waals surface area contributed by atoms with E-state index in [1.807, 2.05) is 67.6 Å². The van der Waals surface area contributed by atoms with E-state index in [1.54, 1.807) is 0 Å². The first-order valence-electron chi connectivity index (χ1n) is 6.89. The van der Waals surface area contributed by atoms with Gasteiger partial charge in [0.2, 0.25) is 0 Å². The average Bonchev–Trinajstić information content (AvgIpc) is 2.49. The Kier molecular flexibility index (Phi) is 4.92. The fourth-order valence-electron chi connectivity index (χ4n) is 2.28. The molecule has 0 spiro atoms. The fourth-order valence-corrected chi connectivity index (χ4v) is 4.90.